The highest BCUT2D eigenvalue weighted by atomic mass is 16.7. The minimum absolute atomic E-state index is 0.435. The van der Waals surface area contributed by atoms with E-state index in [2.05, 4.69) is 6.92 Å². The average Bonchev–Trinajstić information content (AvgIpc) is 2.22. The Bertz CT molecular complexity index is 281. The van der Waals surface area contributed by atoms with Gasteiger partial charge in [0.1, 0.15) is 0 Å². The molecule has 0 aromatic rings. The van der Waals surface area contributed by atoms with Crippen LogP contribution in [0.25, 0.3) is 0 Å². The number of hydrogen-bond donors (Lipinski definition) is 0. The van der Waals surface area contributed by atoms with Crippen LogP contribution in [0.15, 0.2) is 11.6 Å². The maximum Gasteiger partial charge on any atom is 0.336 e. The summed E-state index contributed by atoms with van der Waals surface area (Å²) in [4.78, 5) is 22.1. The molecule has 0 amide bonds. The Morgan fingerprint density at radius 1 is 1.18 bits per heavy atom. The zero-order chi connectivity index (χ0) is 13.3. The van der Waals surface area contributed by atoms with Gasteiger partial charge < -0.3 is 9.47 Å². The average molecular weight is 242 g/mol. The molecule has 0 spiro atoms. The summed E-state index contributed by atoms with van der Waals surface area (Å²) < 4.78 is 9.63. The van der Waals surface area contributed by atoms with E-state index in [0.717, 1.165) is 25.7 Å². The quantitative estimate of drug-likeness (QED) is 0.298. The van der Waals surface area contributed by atoms with Crippen LogP contribution in [0, 0.1) is 0 Å². The summed E-state index contributed by atoms with van der Waals surface area (Å²) in [5.74, 6) is -0.898. The fourth-order valence-corrected chi connectivity index (χ4v) is 1.30. The molecule has 4 heteroatoms. The molecule has 0 bridgehead atoms. The lowest BCUT2D eigenvalue weighted by atomic mass is 10.1. The second-order valence-electron chi connectivity index (χ2n) is 3.97. The van der Waals surface area contributed by atoms with E-state index in [4.69, 9.17) is 9.47 Å². The van der Waals surface area contributed by atoms with Gasteiger partial charge in [0.15, 0.2) is 0 Å². The van der Waals surface area contributed by atoms with Gasteiger partial charge in [-0.3, -0.25) is 4.79 Å². The predicted octanol–water partition coefficient (Wildman–Crippen LogP) is 2.97. The van der Waals surface area contributed by atoms with Gasteiger partial charge in [0, 0.05) is 19.4 Å². The van der Waals surface area contributed by atoms with Crippen LogP contribution in [0.2, 0.25) is 0 Å². The first kappa shape index (κ1) is 15.7. The van der Waals surface area contributed by atoms with Crippen molar-refractivity contribution in [2.75, 3.05) is 0 Å². The fraction of sp³-hybridized carbons (Fsp3) is 0.692. The summed E-state index contributed by atoms with van der Waals surface area (Å²) in [6.07, 6.45) is 5.28. The second kappa shape index (κ2) is 8.79. The van der Waals surface area contributed by atoms with Crippen LogP contribution in [0.4, 0.5) is 0 Å². The smallest absolute Gasteiger partial charge is 0.336 e. The summed E-state index contributed by atoms with van der Waals surface area (Å²) in [5.41, 5.74) is 0.556. The third-order valence-electron chi connectivity index (χ3n) is 2.19. The van der Waals surface area contributed by atoms with Gasteiger partial charge in [-0.2, -0.15) is 0 Å². The Hall–Kier alpha value is -1.32. The van der Waals surface area contributed by atoms with Crippen molar-refractivity contribution >= 4 is 11.9 Å². The van der Waals surface area contributed by atoms with Crippen molar-refractivity contribution in [2.24, 2.45) is 0 Å². The third kappa shape index (κ3) is 8.48. The highest BCUT2D eigenvalue weighted by Crippen LogP contribution is 2.06. The summed E-state index contributed by atoms with van der Waals surface area (Å²) in [6.45, 7) is 6.63. The van der Waals surface area contributed by atoms with Gasteiger partial charge >= 0.3 is 11.9 Å². The van der Waals surface area contributed by atoms with Gasteiger partial charge in [0.05, 0.1) is 0 Å². The number of rotatable bonds is 7. The summed E-state index contributed by atoms with van der Waals surface area (Å²) in [5, 5.41) is 0. The van der Waals surface area contributed by atoms with Gasteiger partial charge in [-0.15, -0.1) is 0 Å². The zero-order valence-corrected chi connectivity index (χ0v) is 11.1. The lowest BCUT2D eigenvalue weighted by Crippen LogP contribution is -2.20. The molecule has 0 aliphatic carbocycles. The van der Waals surface area contributed by atoms with Crippen LogP contribution in [-0.2, 0) is 19.1 Å². The number of hydrogen-bond acceptors (Lipinski definition) is 4. The zero-order valence-electron chi connectivity index (χ0n) is 11.1. The molecule has 0 aliphatic heterocycles. The molecule has 0 aromatic carbocycles. The molecule has 1 atom stereocenters. The largest absolute Gasteiger partial charge is 0.426 e. The SMILES string of the molecule is CCCCCC=C(C)C(=O)OC(C)OC(C)=O. The number of esters is 2. The Kier molecular flexibility index (Phi) is 8.11. The van der Waals surface area contributed by atoms with E-state index in [9.17, 15) is 9.59 Å². The predicted molar refractivity (Wildman–Crippen MR) is 65.2 cm³/mol. The van der Waals surface area contributed by atoms with Crippen LogP contribution < -0.4 is 0 Å². The van der Waals surface area contributed by atoms with Crippen molar-refractivity contribution in [3.63, 3.8) is 0 Å². The van der Waals surface area contributed by atoms with Crippen molar-refractivity contribution in [3.8, 4) is 0 Å². The molecule has 0 heterocycles. The molecule has 0 N–H and O–H groups in total. The molecule has 0 fully saturated rings. The third-order valence-corrected chi connectivity index (χ3v) is 2.19. The van der Waals surface area contributed by atoms with Crippen LogP contribution in [-0.4, -0.2) is 18.2 Å². The van der Waals surface area contributed by atoms with Gasteiger partial charge in [-0.05, 0) is 19.8 Å². The van der Waals surface area contributed by atoms with E-state index in [-0.39, 0.29) is 0 Å². The summed E-state index contributed by atoms with van der Waals surface area (Å²) in [7, 11) is 0. The highest BCUT2D eigenvalue weighted by molar-refractivity contribution is 5.87. The molecule has 17 heavy (non-hydrogen) atoms. The molecule has 0 rings (SSSR count). The standard InChI is InChI=1S/C13H22O4/c1-5-6-7-8-9-10(2)13(15)17-12(4)16-11(3)14/h9,12H,5-8H2,1-4H3. The first-order valence-electron chi connectivity index (χ1n) is 6.02. The minimum Gasteiger partial charge on any atom is -0.426 e. The molecule has 1 unspecified atom stereocenters. The Morgan fingerprint density at radius 2 is 1.82 bits per heavy atom. The number of carbonyl (C=O) groups excluding carboxylic acids is 2. The number of allylic oxidation sites excluding steroid dienone is 1. The highest BCUT2D eigenvalue weighted by Gasteiger charge is 2.12. The summed E-state index contributed by atoms with van der Waals surface area (Å²) >= 11 is 0. The molecule has 0 saturated carbocycles. The Morgan fingerprint density at radius 3 is 2.35 bits per heavy atom. The maximum absolute atomic E-state index is 11.5. The van der Waals surface area contributed by atoms with Crippen LogP contribution in [0.1, 0.15) is 53.4 Å². The van der Waals surface area contributed by atoms with E-state index in [1.54, 1.807) is 6.92 Å². The molecule has 0 aliphatic rings. The van der Waals surface area contributed by atoms with Crippen molar-refractivity contribution < 1.29 is 19.1 Å². The number of unbranched alkanes of at least 4 members (excludes halogenated alkanes) is 3. The topological polar surface area (TPSA) is 52.6 Å². The van der Waals surface area contributed by atoms with Crippen molar-refractivity contribution in [1.29, 1.82) is 0 Å². The normalized spacial score (nSPS) is 13.1. The first-order valence-corrected chi connectivity index (χ1v) is 6.02. The lowest BCUT2D eigenvalue weighted by Gasteiger charge is -2.12. The molecule has 98 valence electrons. The maximum atomic E-state index is 11.5. The molecular formula is C13H22O4. The van der Waals surface area contributed by atoms with E-state index in [1.807, 2.05) is 6.08 Å². The summed E-state index contributed by atoms with van der Waals surface area (Å²) in [6, 6.07) is 0. The van der Waals surface area contributed by atoms with Crippen LogP contribution in [0.3, 0.4) is 0 Å². The van der Waals surface area contributed by atoms with Gasteiger partial charge in [0.25, 0.3) is 0 Å². The monoisotopic (exact) mass is 242 g/mol. The van der Waals surface area contributed by atoms with E-state index >= 15 is 0 Å². The van der Waals surface area contributed by atoms with E-state index in [1.165, 1.54) is 13.8 Å². The molecule has 0 radical (unpaired) electrons. The Labute approximate surface area is 103 Å². The van der Waals surface area contributed by atoms with E-state index in [0.29, 0.717) is 5.57 Å². The fourth-order valence-electron chi connectivity index (χ4n) is 1.30. The van der Waals surface area contributed by atoms with Crippen LogP contribution >= 0.6 is 0 Å². The number of ether oxygens (including phenoxy) is 2. The van der Waals surface area contributed by atoms with E-state index < -0.39 is 18.2 Å². The lowest BCUT2D eigenvalue weighted by molar-refractivity contribution is -0.179. The molecule has 0 saturated heterocycles. The van der Waals surface area contributed by atoms with Gasteiger partial charge in [0.2, 0.25) is 6.29 Å². The van der Waals surface area contributed by atoms with Gasteiger partial charge in [-0.25, -0.2) is 4.79 Å². The van der Waals surface area contributed by atoms with Crippen molar-refractivity contribution in [3.05, 3.63) is 11.6 Å². The molecule has 4 nitrogen and oxygen atoms in total. The molecule has 0 aromatic heterocycles. The van der Waals surface area contributed by atoms with Crippen molar-refractivity contribution in [1.82, 2.24) is 0 Å². The second-order valence-corrected chi connectivity index (χ2v) is 3.97. The van der Waals surface area contributed by atoms with Gasteiger partial charge in [-0.1, -0.05) is 25.8 Å². The molecular weight excluding hydrogens is 220 g/mol. The number of carbonyl (C=O) groups is 2. The first-order chi connectivity index (χ1) is 7.97. The van der Waals surface area contributed by atoms with Crippen LogP contribution in [0.5, 0.6) is 0 Å². The van der Waals surface area contributed by atoms with Crippen molar-refractivity contribution in [2.45, 2.75) is 59.7 Å². The minimum atomic E-state index is -0.834. The Balaban J connectivity index is 3.99.